The highest BCUT2D eigenvalue weighted by atomic mass is 16.5. The Kier molecular flexibility index (Phi) is 3.59. The number of methoxy groups -OCH3 is 1. The summed E-state index contributed by atoms with van der Waals surface area (Å²) in [6.45, 7) is 0. The van der Waals surface area contributed by atoms with Crippen molar-refractivity contribution in [2.75, 3.05) is 12.5 Å². The van der Waals surface area contributed by atoms with Gasteiger partial charge in [0.2, 0.25) is 5.82 Å². The van der Waals surface area contributed by atoms with E-state index in [2.05, 4.69) is 26.0 Å². The smallest absolute Gasteiger partial charge is 0.352 e. The summed E-state index contributed by atoms with van der Waals surface area (Å²) in [6, 6.07) is 10.9. The Morgan fingerprint density at radius 2 is 2.21 bits per heavy atom. The van der Waals surface area contributed by atoms with E-state index in [1.807, 2.05) is 30.3 Å². The van der Waals surface area contributed by atoms with Crippen LogP contribution >= 0.6 is 0 Å². The summed E-state index contributed by atoms with van der Waals surface area (Å²) in [7, 11) is 1.19. The van der Waals surface area contributed by atoms with Crippen molar-refractivity contribution in [2.24, 2.45) is 10.3 Å². The molecule has 1 aromatic rings. The van der Waals surface area contributed by atoms with Crippen LogP contribution < -0.4 is 11.0 Å². The first-order valence-electron chi connectivity index (χ1n) is 5.27. The quantitative estimate of drug-likeness (QED) is 0.478. The lowest BCUT2D eigenvalue weighted by Gasteiger charge is -2.19. The predicted molar refractivity (Wildman–Crippen MR) is 64.6 cm³/mol. The van der Waals surface area contributed by atoms with Gasteiger partial charge in [-0.2, -0.15) is 15.9 Å². The third kappa shape index (κ3) is 2.61. The molecular weight excluding hydrogens is 248 g/mol. The van der Waals surface area contributed by atoms with Gasteiger partial charge in [0, 0.05) is 0 Å². The average molecular weight is 258 g/mol. The van der Waals surface area contributed by atoms with Crippen molar-refractivity contribution in [1.29, 1.82) is 5.26 Å². The normalized spacial score (nSPS) is 15.5. The van der Waals surface area contributed by atoms with Gasteiger partial charge in [-0.15, -0.1) is 5.11 Å². The van der Waals surface area contributed by atoms with E-state index in [9.17, 15) is 4.79 Å². The van der Waals surface area contributed by atoms with Crippen molar-refractivity contribution in [1.82, 2.24) is 10.7 Å². The molecule has 8 nitrogen and oxygen atoms in total. The highest BCUT2D eigenvalue weighted by Crippen LogP contribution is 2.18. The van der Waals surface area contributed by atoms with Gasteiger partial charge in [-0.25, -0.2) is 4.79 Å². The number of nitriles is 1. The Hall–Kier alpha value is -3.08. The minimum Gasteiger partial charge on any atom is -0.465 e. The number of hydrogen-bond donors (Lipinski definition) is 2. The second-order valence-corrected chi connectivity index (χ2v) is 3.42. The van der Waals surface area contributed by atoms with Crippen molar-refractivity contribution in [3.05, 3.63) is 41.7 Å². The Morgan fingerprint density at radius 3 is 2.84 bits per heavy atom. The molecule has 0 atom stereocenters. The number of hydrazine groups is 2. The van der Waals surface area contributed by atoms with Crippen LogP contribution in [0.1, 0.15) is 0 Å². The minimum absolute atomic E-state index is 0.0400. The fourth-order valence-electron chi connectivity index (χ4n) is 1.38. The fraction of sp³-hybridized carbons (Fsp3) is 0.0909. The Bertz CT molecular complexity index is 575. The summed E-state index contributed by atoms with van der Waals surface area (Å²) in [5.74, 6) is -0.738. The molecule has 0 radical (unpaired) electrons. The molecule has 0 amide bonds. The van der Waals surface area contributed by atoms with Crippen LogP contribution in [0.5, 0.6) is 0 Å². The fourth-order valence-corrected chi connectivity index (χ4v) is 1.38. The largest absolute Gasteiger partial charge is 0.465 e. The van der Waals surface area contributed by atoms with Gasteiger partial charge >= 0.3 is 5.97 Å². The summed E-state index contributed by atoms with van der Waals surface area (Å²) < 4.78 is 4.51. The summed E-state index contributed by atoms with van der Waals surface area (Å²) in [4.78, 5) is 11.4. The lowest BCUT2D eigenvalue weighted by atomic mass is 10.3. The molecule has 1 aliphatic rings. The molecule has 0 fully saturated rings. The third-order valence-electron chi connectivity index (χ3n) is 2.24. The van der Waals surface area contributed by atoms with Gasteiger partial charge in [0.1, 0.15) is 6.07 Å². The Morgan fingerprint density at radius 1 is 1.47 bits per heavy atom. The highest BCUT2D eigenvalue weighted by Gasteiger charge is 2.25. The van der Waals surface area contributed by atoms with Crippen LogP contribution in [-0.4, -0.2) is 18.2 Å². The van der Waals surface area contributed by atoms with E-state index in [-0.39, 0.29) is 11.4 Å². The predicted octanol–water partition coefficient (Wildman–Crippen LogP) is 1.11. The number of hydrogen-bond acceptors (Lipinski definition) is 8. The first kappa shape index (κ1) is 12.4. The van der Waals surface area contributed by atoms with Crippen LogP contribution in [0, 0.1) is 11.3 Å². The lowest BCUT2D eigenvalue weighted by molar-refractivity contribution is -0.135. The molecule has 1 aliphatic heterocycles. The number of esters is 1. The Labute approximate surface area is 108 Å². The Balaban J connectivity index is 2.26. The minimum atomic E-state index is -0.778. The van der Waals surface area contributed by atoms with Gasteiger partial charge in [-0.3, -0.25) is 5.43 Å². The molecule has 2 N–H and O–H groups in total. The van der Waals surface area contributed by atoms with E-state index in [4.69, 9.17) is 5.26 Å². The van der Waals surface area contributed by atoms with Crippen molar-refractivity contribution in [3.63, 3.8) is 0 Å². The molecule has 0 saturated heterocycles. The monoisotopic (exact) mass is 258 g/mol. The molecule has 96 valence electrons. The summed E-state index contributed by atoms with van der Waals surface area (Å²) in [5.41, 5.74) is 5.90. The van der Waals surface area contributed by atoms with E-state index in [1.165, 1.54) is 12.2 Å². The first-order valence-corrected chi connectivity index (χ1v) is 5.27. The number of carbonyl (C=O) groups excluding carboxylic acids is 1. The van der Waals surface area contributed by atoms with E-state index in [1.54, 1.807) is 6.07 Å². The highest BCUT2D eigenvalue weighted by molar-refractivity contribution is 5.93. The maximum absolute atomic E-state index is 11.4. The zero-order valence-corrected chi connectivity index (χ0v) is 9.99. The number of carbonyl (C=O) groups is 1. The van der Waals surface area contributed by atoms with Crippen LogP contribution in [0.2, 0.25) is 0 Å². The van der Waals surface area contributed by atoms with Crippen LogP contribution in [0.25, 0.3) is 0 Å². The SMILES string of the molecule is COC(=O)/C(C#N)=C1\N=NNN1Nc1ccccc1. The van der Waals surface area contributed by atoms with E-state index in [0.717, 1.165) is 5.69 Å². The van der Waals surface area contributed by atoms with Crippen LogP contribution in [0.4, 0.5) is 5.69 Å². The van der Waals surface area contributed by atoms with Crippen molar-refractivity contribution in [2.45, 2.75) is 0 Å². The number of para-hydroxylation sites is 1. The maximum atomic E-state index is 11.4. The van der Waals surface area contributed by atoms with E-state index in [0.29, 0.717) is 0 Å². The third-order valence-corrected chi connectivity index (χ3v) is 2.24. The second-order valence-electron chi connectivity index (χ2n) is 3.42. The molecule has 19 heavy (non-hydrogen) atoms. The average Bonchev–Trinajstić information content (AvgIpc) is 2.89. The molecule has 0 aromatic heterocycles. The number of benzene rings is 1. The standard InChI is InChI=1S/C11H10N6O2/c1-19-11(18)9(7-12)10-13-15-16-17(10)14-8-5-3-2-4-6-8/h2-6,14H,1H3,(H,13,16)/b10-9+. The van der Waals surface area contributed by atoms with E-state index < -0.39 is 5.97 Å². The number of anilines is 1. The zero-order chi connectivity index (χ0) is 13.7. The first-order chi connectivity index (χ1) is 9.26. The molecule has 0 spiro atoms. The van der Waals surface area contributed by atoms with Crippen molar-refractivity contribution >= 4 is 11.7 Å². The molecule has 1 aromatic carbocycles. The molecule has 0 saturated carbocycles. The summed E-state index contributed by atoms with van der Waals surface area (Å²) >= 11 is 0. The molecule has 0 unspecified atom stereocenters. The van der Waals surface area contributed by atoms with Crippen molar-refractivity contribution < 1.29 is 9.53 Å². The number of nitrogens with zero attached hydrogens (tertiary/aromatic N) is 4. The van der Waals surface area contributed by atoms with Gasteiger partial charge in [0.25, 0.3) is 0 Å². The molecule has 8 heteroatoms. The van der Waals surface area contributed by atoms with Gasteiger partial charge in [0.05, 0.1) is 12.8 Å². The number of nitrogens with one attached hydrogen (secondary N) is 2. The van der Waals surface area contributed by atoms with Gasteiger partial charge < -0.3 is 4.74 Å². The van der Waals surface area contributed by atoms with Gasteiger partial charge in [-0.1, -0.05) is 18.2 Å². The molecule has 2 rings (SSSR count). The molecule has 0 aliphatic carbocycles. The second kappa shape index (κ2) is 5.50. The molecular formula is C11H10N6O2. The van der Waals surface area contributed by atoms with E-state index >= 15 is 0 Å². The number of rotatable bonds is 3. The van der Waals surface area contributed by atoms with Gasteiger partial charge in [-0.05, 0) is 17.4 Å². The number of ether oxygens (including phenoxy) is 1. The molecule has 0 bridgehead atoms. The topological polar surface area (TPSA) is 102 Å². The van der Waals surface area contributed by atoms with Crippen LogP contribution in [0.3, 0.4) is 0 Å². The lowest BCUT2D eigenvalue weighted by Crippen LogP contribution is -2.35. The van der Waals surface area contributed by atoms with Gasteiger partial charge in [0.15, 0.2) is 5.57 Å². The molecule has 1 heterocycles. The van der Waals surface area contributed by atoms with Crippen LogP contribution in [0.15, 0.2) is 52.1 Å². The van der Waals surface area contributed by atoms with Crippen LogP contribution in [-0.2, 0) is 9.53 Å². The summed E-state index contributed by atoms with van der Waals surface area (Å²) in [5, 5.41) is 17.5. The van der Waals surface area contributed by atoms with Crippen molar-refractivity contribution in [3.8, 4) is 6.07 Å². The summed E-state index contributed by atoms with van der Waals surface area (Å²) in [6.07, 6.45) is 0. The zero-order valence-electron chi connectivity index (χ0n) is 9.99. The maximum Gasteiger partial charge on any atom is 0.352 e.